The second kappa shape index (κ2) is 4.66. The normalized spacial score (nSPS) is 12.3. The Labute approximate surface area is 124 Å². The topological polar surface area (TPSA) is 67.2 Å². The Hall–Kier alpha value is -3.21. The van der Waals surface area contributed by atoms with Gasteiger partial charge in [-0.15, -0.1) is 0 Å². The van der Waals surface area contributed by atoms with Crippen molar-refractivity contribution in [1.29, 1.82) is 0 Å². The monoisotopic (exact) mass is 289 g/mol. The molecule has 0 aliphatic carbocycles. The molecule has 22 heavy (non-hydrogen) atoms. The zero-order valence-electron chi connectivity index (χ0n) is 11.5. The van der Waals surface area contributed by atoms with E-state index in [1.54, 1.807) is 24.3 Å². The molecular formula is C17H11N3O2. The van der Waals surface area contributed by atoms with Gasteiger partial charge in [0.2, 0.25) is 5.78 Å². The molecule has 106 valence electrons. The molecule has 0 saturated carbocycles. The van der Waals surface area contributed by atoms with Gasteiger partial charge in [-0.2, -0.15) is 0 Å². The molecule has 4 rings (SSSR count). The van der Waals surface area contributed by atoms with Crippen molar-refractivity contribution in [3.8, 4) is 0 Å². The summed E-state index contributed by atoms with van der Waals surface area (Å²) in [7, 11) is 0. The molecule has 0 spiro atoms. The Bertz CT molecular complexity index is 1160. The lowest BCUT2D eigenvalue weighted by atomic mass is 10.2. The minimum absolute atomic E-state index is 0.260. The Morgan fingerprint density at radius 3 is 2.45 bits per heavy atom. The van der Waals surface area contributed by atoms with Crippen LogP contribution in [0.15, 0.2) is 64.2 Å². The lowest BCUT2D eigenvalue weighted by Crippen LogP contribution is -2.31. The summed E-state index contributed by atoms with van der Waals surface area (Å²) in [5, 5.41) is 0.772. The van der Waals surface area contributed by atoms with E-state index >= 15 is 0 Å². The second-order valence-corrected chi connectivity index (χ2v) is 4.99. The third-order valence-electron chi connectivity index (χ3n) is 3.57. The summed E-state index contributed by atoms with van der Waals surface area (Å²) >= 11 is 0. The van der Waals surface area contributed by atoms with Crippen LogP contribution in [0.5, 0.6) is 0 Å². The molecule has 2 aromatic heterocycles. The molecule has 0 aliphatic rings. The SMILES string of the molecule is O=c1c(=Cc2ccccc2)[nH]c2nc3ccccc3c(=O)n12. The predicted molar refractivity (Wildman–Crippen MR) is 84.8 cm³/mol. The number of hydrogen-bond acceptors (Lipinski definition) is 3. The largest absolute Gasteiger partial charge is 0.320 e. The first-order valence-electron chi connectivity index (χ1n) is 6.84. The van der Waals surface area contributed by atoms with Crippen molar-refractivity contribution in [2.24, 2.45) is 0 Å². The van der Waals surface area contributed by atoms with E-state index in [1.165, 1.54) is 0 Å². The molecule has 0 fully saturated rings. The molecule has 5 heteroatoms. The van der Waals surface area contributed by atoms with Crippen LogP contribution in [-0.2, 0) is 0 Å². The Morgan fingerprint density at radius 2 is 1.64 bits per heavy atom. The van der Waals surface area contributed by atoms with Gasteiger partial charge in [0, 0.05) is 0 Å². The number of fused-ring (bicyclic) bond motifs is 2. The van der Waals surface area contributed by atoms with Crippen LogP contribution in [-0.4, -0.2) is 14.4 Å². The molecule has 0 amide bonds. The number of H-pyrrole nitrogens is 1. The van der Waals surface area contributed by atoms with E-state index in [1.807, 2.05) is 36.4 Å². The maximum absolute atomic E-state index is 12.5. The maximum atomic E-state index is 12.5. The van der Waals surface area contributed by atoms with E-state index in [0.717, 1.165) is 9.96 Å². The summed E-state index contributed by atoms with van der Waals surface area (Å²) in [5.41, 5.74) is 0.709. The summed E-state index contributed by atoms with van der Waals surface area (Å²) in [6.45, 7) is 0. The molecule has 0 saturated heterocycles. The fraction of sp³-hybridized carbons (Fsp3) is 0. The van der Waals surface area contributed by atoms with Gasteiger partial charge in [-0.1, -0.05) is 42.5 Å². The number of nitrogens with zero attached hydrogens (tertiary/aromatic N) is 2. The van der Waals surface area contributed by atoms with Crippen molar-refractivity contribution in [1.82, 2.24) is 14.4 Å². The minimum atomic E-state index is -0.387. The number of rotatable bonds is 1. The van der Waals surface area contributed by atoms with Gasteiger partial charge in [0.05, 0.1) is 10.9 Å². The van der Waals surface area contributed by atoms with E-state index in [9.17, 15) is 9.59 Å². The number of aromatic amines is 1. The minimum Gasteiger partial charge on any atom is -0.320 e. The summed E-state index contributed by atoms with van der Waals surface area (Å²) in [5.74, 6) is 0.260. The zero-order valence-corrected chi connectivity index (χ0v) is 11.5. The molecule has 1 N–H and O–H groups in total. The Morgan fingerprint density at radius 1 is 0.909 bits per heavy atom. The van der Waals surface area contributed by atoms with Crippen molar-refractivity contribution in [2.75, 3.05) is 0 Å². The third-order valence-corrected chi connectivity index (χ3v) is 3.57. The molecule has 5 nitrogen and oxygen atoms in total. The average Bonchev–Trinajstić information content (AvgIpc) is 2.85. The molecule has 0 aliphatic heterocycles. The lowest BCUT2D eigenvalue weighted by Gasteiger charge is -1.96. The average molecular weight is 289 g/mol. The molecule has 2 heterocycles. The first-order valence-corrected chi connectivity index (χ1v) is 6.84. The van der Waals surface area contributed by atoms with Crippen LogP contribution in [0.1, 0.15) is 5.56 Å². The maximum Gasteiger partial charge on any atom is 0.284 e. The Balaban J connectivity index is 2.12. The zero-order chi connectivity index (χ0) is 15.1. The lowest BCUT2D eigenvalue weighted by molar-refractivity contribution is 1.05. The molecular weight excluding hydrogens is 278 g/mol. The molecule has 4 aromatic rings. The quantitative estimate of drug-likeness (QED) is 0.570. The van der Waals surface area contributed by atoms with Crippen molar-refractivity contribution in [2.45, 2.75) is 0 Å². The highest BCUT2D eigenvalue weighted by Gasteiger charge is 2.10. The van der Waals surface area contributed by atoms with Crippen LogP contribution >= 0.6 is 0 Å². The fourth-order valence-corrected chi connectivity index (χ4v) is 2.51. The van der Waals surface area contributed by atoms with E-state index in [-0.39, 0.29) is 16.9 Å². The van der Waals surface area contributed by atoms with Crippen molar-refractivity contribution in [3.05, 3.63) is 86.2 Å². The van der Waals surface area contributed by atoms with Crippen molar-refractivity contribution < 1.29 is 0 Å². The van der Waals surface area contributed by atoms with Gasteiger partial charge in [0.25, 0.3) is 11.1 Å². The van der Waals surface area contributed by atoms with Crippen LogP contribution < -0.4 is 16.5 Å². The van der Waals surface area contributed by atoms with E-state index in [2.05, 4.69) is 9.97 Å². The van der Waals surface area contributed by atoms with Gasteiger partial charge < -0.3 is 4.98 Å². The van der Waals surface area contributed by atoms with E-state index in [0.29, 0.717) is 16.3 Å². The first-order chi connectivity index (χ1) is 10.7. The van der Waals surface area contributed by atoms with Crippen molar-refractivity contribution in [3.63, 3.8) is 0 Å². The summed E-state index contributed by atoms with van der Waals surface area (Å²) in [6, 6.07) is 16.4. The van der Waals surface area contributed by atoms with Crippen LogP contribution in [0, 0.1) is 0 Å². The Kier molecular flexibility index (Phi) is 2.66. The fourth-order valence-electron chi connectivity index (χ4n) is 2.51. The molecule has 0 atom stereocenters. The highest BCUT2D eigenvalue weighted by atomic mass is 16.2. The predicted octanol–water partition coefficient (Wildman–Crippen LogP) is 1.08. The smallest absolute Gasteiger partial charge is 0.284 e. The van der Waals surface area contributed by atoms with Crippen LogP contribution in [0.4, 0.5) is 0 Å². The molecule has 0 bridgehead atoms. The highest BCUT2D eigenvalue weighted by molar-refractivity contribution is 5.78. The van der Waals surface area contributed by atoms with Gasteiger partial charge in [-0.05, 0) is 23.8 Å². The van der Waals surface area contributed by atoms with Crippen LogP contribution in [0.2, 0.25) is 0 Å². The first kappa shape index (κ1) is 12.5. The van der Waals surface area contributed by atoms with Gasteiger partial charge >= 0.3 is 0 Å². The number of para-hydroxylation sites is 1. The van der Waals surface area contributed by atoms with Gasteiger partial charge in [0.15, 0.2) is 0 Å². The number of hydrogen-bond donors (Lipinski definition) is 1. The van der Waals surface area contributed by atoms with Crippen molar-refractivity contribution >= 4 is 22.8 Å². The standard InChI is InChI=1S/C17H11N3O2/c21-15-12-8-4-5-9-13(12)18-17-19-14(16(22)20(15)17)10-11-6-2-1-3-7-11/h1-10H,(H,18,19). The highest BCUT2D eigenvalue weighted by Crippen LogP contribution is 2.05. The molecule has 2 aromatic carbocycles. The number of imidazole rings is 1. The van der Waals surface area contributed by atoms with E-state index < -0.39 is 0 Å². The van der Waals surface area contributed by atoms with E-state index in [4.69, 9.17) is 0 Å². The third kappa shape index (κ3) is 1.83. The number of aromatic nitrogens is 3. The van der Waals surface area contributed by atoms with Crippen LogP contribution in [0.3, 0.4) is 0 Å². The van der Waals surface area contributed by atoms with Crippen LogP contribution in [0.25, 0.3) is 22.8 Å². The van der Waals surface area contributed by atoms with Gasteiger partial charge in [-0.3, -0.25) is 9.59 Å². The second-order valence-electron chi connectivity index (χ2n) is 4.99. The summed E-state index contributed by atoms with van der Waals surface area (Å²) in [4.78, 5) is 32.2. The van der Waals surface area contributed by atoms with Gasteiger partial charge in [0.1, 0.15) is 5.35 Å². The summed E-state index contributed by atoms with van der Waals surface area (Å²) in [6.07, 6.45) is 1.71. The molecule has 0 unspecified atom stereocenters. The number of nitrogens with one attached hydrogen (secondary N) is 1. The van der Waals surface area contributed by atoms with Gasteiger partial charge in [-0.25, -0.2) is 9.38 Å². The molecule has 0 radical (unpaired) electrons. The number of benzene rings is 2. The summed E-state index contributed by atoms with van der Waals surface area (Å²) < 4.78 is 1.08.